The van der Waals surface area contributed by atoms with E-state index in [0.29, 0.717) is 6.04 Å². The lowest BCUT2D eigenvalue weighted by molar-refractivity contribution is 0.429. The molecule has 6 nitrogen and oxygen atoms in total. The summed E-state index contributed by atoms with van der Waals surface area (Å²) in [4.78, 5) is 0. The van der Waals surface area contributed by atoms with Crippen molar-refractivity contribution in [2.24, 2.45) is 0 Å². The van der Waals surface area contributed by atoms with Crippen LogP contribution in [0.25, 0.3) is 39.5 Å². The summed E-state index contributed by atoms with van der Waals surface area (Å²) in [5.74, 6) is 0. The van der Waals surface area contributed by atoms with E-state index in [2.05, 4.69) is 143 Å². The molecule has 0 saturated carbocycles. The third kappa shape index (κ3) is 5.07. The monoisotopic (exact) mass is 556 g/mol. The normalized spacial score (nSPS) is 19.9. The Labute approximate surface area is 248 Å². The van der Waals surface area contributed by atoms with Crippen molar-refractivity contribution in [2.45, 2.75) is 51.2 Å². The number of hydrogen-bond acceptors (Lipinski definition) is 5. The minimum absolute atomic E-state index is 0.109. The quantitative estimate of drug-likeness (QED) is 0.198. The average Bonchev–Trinajstić information content (AvgIpc) is 3.84. The van der Waals surface area contributed by atoms with Gasteiger partial charge < -0.3 is 31.2 Å². The third-order valence-corrected chi connectivity index (χ3v) is 8.72. The van der Waals surface area contributed by atoms with E-state index in [-0.39, 0.29) is 11.6 Å². The van der Waals surface area contributed by atoms with Crippen LogP contribution in [-0.4, -0.2) is 30.0 Å². The van der Waals surface area contributed by atoms with Crippen LogP contribution in [-0.2, 0) is 5.41 Å². The zero-order valence-electron chi connectivity index (χ0n) is 24.7. The summed E-state index contributed by atoms with van der Waals surface area (Å²) in [7, 11) is 0. The van der Waals surface area contributed by atoms with E-state index >= 15 is 0 Å². The fraction of sp³-hybridized carbons (Fsp3) is 0.278. The van der Waals surface area contributed by atoms with Crippen LogP contribution in [0.1, 0.15) is 50.3 Å². The summed E-state index contributed by atoms with van der Waals surface area (Å²) in [6.07, 6.45) is 9.05. The summed E-state index contributed by atoms with van der Waals surface area (Å²) in [5.41, 5.74) is 12.1. The molecule has 3 aliphatic heterocycles. The Morgan fingerprint density at radius 1 is 0.738 bits per heavy atom. The van der Waals surface area contributed by atoms with Gasteiger partial charge in [-0.25, -0.2) is 0 Å². The molecule has 1 saturated heterocycles. The Bertz CT molecular complexity index is 1610. The van der Waals surface area contributed by atoms with Gasteiger partial charge in [-0.1, -0.05) is 81.4 Å². The van der Waals surface area contributed by atoms with Crippen molar-refractivity contribution in [3.05, 3.63) is 114 Å². The minimum Gasteiger partial charge on any atom is -0.372 e. The van der Waals surface area contributed by atoms with Gasteiger partial charge in [-0.15, -0.1) is 0 Å². The standard InChI is InChI=1S/C36H40N6/c1-36(2,3)28-14-10-27(11-15-28)34-30(24-6-8-25(9-7-24)32-21-37-23-40-32)18-20-42(34)29-16-12-26(13-17-29)33-22-39-35(41-33)31-5-4-19-38-31/h6-18,20-22,31,35,37-41H,4-5,19,23H2,1-3H3/t31-,35?/m0/s1. The molecule has 3 aromatic carbocycles. The fourth-order valence-corrected chi connectivity index (χ4v) is 6.27. The fourth-order valence-electron chi connectivity index (χ4n) is 6.27. The highest BCUT2D eigenvalue weighted by Crippen LogP contribution is 2.37. The summed E-state index contributed by atoms with van der Waals surface area (Å²) in [6.45, 7) is 8.67. The van der Waals surface area contributed by atoms with Gasteiger partial charge in [0.15, 0.2) is 0 Å². The molecule has 42 heavy (non-hydrogen) atoms. The number of nitrogens with zero attached hydrogens (tertiary/aromatic N) is 1. The van der Waals surface area contributed by atoms with E-state index in [9.17, 15) is 0 Å². The van der Waals surface area contributed by atoms with Crippen LogP contribution in [0.5, 0.6) is 0 Å². The maximum atomic E-state index is 3.68. The lowest BCUT2D eigenvalue weighted by Gasteiger charge is -2.21. The molecule has 0 aliphatic carbocycles. The van der Waals surface area contributed by atoms with Crippen molar-refractivity contribution in [3.8, 4) is 28.1 Å². The zero-order valence-corrected chi connectivity index (χ0v) is 24.7. The van der Waals surface area contributed by atoms with Gasteiger partial charge in [-0.3, -0.25) is 0 Å². The van der Waals surface area contributed by atoms with E-state index < -0.39 is 0 Å². The lowest BCUT2D eigenvalue weighted by atomic mass is 9.86. The molecular formula is C36H40N6. The van der Waals surface area contributed by atoms with E-state index in [1.807, 2.05) is 6.20 Å². The Balaban J connectivity index is 1.22. The number of rotatable bonds is 6. The van der Waals surface area contributed by atoms with Crippen molar-refractivity contribution < 1.29 is 0 Å². The van der Waals surface area contributed by atoms with Crippen LogP contribution in [0.3, 0.4) is 0 Å². The topological polar surface area (TPSA) is 65.1 Å². The molecule has 1 fully saturated rings. The number of nitrogens with one attached hydrogen (secondary N) is 5. The zero-order chi connectivity index (χ0) is 28.7. The van der Waals surface area contributed by atoms with Crippen LogP contribution in [0.2, 0.25) is 0 Å². The van der Waals surface area contributed by atoms with Crippen LogP contribution in [0.15, 0.2) is 97.5 Å². The lowest BCUT2D eigenvalue weighted by Crippen LogP contribution is -2.47. The van der Waals surface area contributed by atoms with Gasteiger partial charge in [-0.05, 0) is 70.8 Å². The SMILES string of the molecule is CC(C)(C)c1ccc(-c2c(-c3ccc(C4=CNCN4)cc3)ccn2-c2ccc(C3=CNC([C@@H]4CCCN4)N3)cc2)cc1. The number of hydrogen-bond donors (Lipinski definition) is 5. The first-order valence-electron chi connectivity index (χ1n) is 15.1. The van der Waals surface area contributed by atoms with Crippen LogP contribution < -0.4 is 26.6 Å². The van der Waals surface area contributed by atoms with E-state index in [4.69, 9.17) is 0 Å². The van der Waals surface area contributed by atoms with Gasteiger partial charge >= 0.3 is 0 Å². The van der Waals surface area contributed by atoms with Gasteiger partial charge in [0, 0.05) is 35.9 Å². The van der Waals surface area contributed by atoms with Gasteiger partial charge in [0.2, 0.25) is 0 Å². The van der Waals surface area contributed by atoms with Crippen molar-refractivity contribution in [3.63, 3.8) is 0 Å². The van der Waals surface area contributed by atoms with Crippen molar-refractivity contribution in [1.29, 1.82) is 0 Å². The third-order valence-electron chi connectivity index (χ3n) is 8.72. The summed E-state index contributed by atoms with van der Waals surface area (Å²) in [6, 6.07) is 29.6. The second kappa shape index (κ2) is 10.8. The molecule has 0 radical (unpaired) electrons. The number of benzene rings is 3. The van der Waals surface area contributed by atoms with Crippen molar-refractivity contribution >= 4 is 11.4 Å². The summed E-state index contributed by atoms with van der Waals surface area (Å²) < 4.78 is 2.32. The van der Waals surface area contributed by atoms with E-state index in [0.717, 1.165) is 30.3 Å². The highest BCUT2D eigenvalue weighted by Gasteiger charge is 2.27. The maximum absolute atomic E-state index is 3.68. The molecule has 1 unspecified atom stereocenters. The van der Waals surface area contributed by atoms with Gasteiger partial charge in [0.1, 0.15) is 6.17 Å². The smallest absolute Gasteiger partial charge is 0.112 e. The summed E-state index contributed by atoms with van der Waals surface area (Å²) in [5, 5.41) is 17.4. The molecule has 1 aromatic heterocycles. The molecule has 2 atom stereocenters. The summed E-state index contributed by atoms with van der Waals surface area (Å²) >= 11 is 0. The largest absolute Gasteiger partial charge is 0.372 e. The molecule has 0 amide bonds. The maximum Gasteiger partial charge on any atom is 0.112 e. The van der Waals surface area contributed by atoms with Crippen molar-refractivity contribution in [2.75, 3.05) is 13.2 Å². The van der Waals surface area contributed by atoms with Crippen LogP contribution in [0, 0.1) is 0 Å². The van der Waals surface area contributed by atoms with Gasteiger partial charge in [0.25, 0.3) is 0 Å². The predicted molar refractivity (Wildman–Crippen MR) is 174 cm³/mol. The molecule has 0 bridgehead atoms. The molecule has 214 valence electrons. The molecular weight excluding hydrogens is 516 g/mol. The predicted octanol–water partition coefficient (Wildman–Crippen LogP) is 6.13. The van der Waals surface area contributed by atoms with Crippen molar-refractivity contribution in [1.82, 2.24) is 31.2 Å². The molecule has 5 N–H and O–H groups in total. The molecule has 4 aromatic rings. The van der Waals surface area contributed by atoms with E-state index in [1.165, 1.54) is 51.9 Å². The first-order valence-corrected chi connectivity index (χ1v) is 15.1. The number of aromatic nitrogens is 1. The highest BCUT2D eigenvalue weighted by molar-refractivity contribution is 5.84. The highest BCUT2D eigenvalue weighted by atomic mass is 15.2. The Morgan fingerprint density at radius 3 is 2.10 bits per heavy atom. The van der Waals surface area contributed by atoms with Crippen LogP contribution in [0.4, 0.5) is 0 Å². The second-order valence-electron chi connectivity index (χ2n) is 12.6. The molecule has 6 heteroatoms. The van der Waals surface area contributed by atoms with Gasteiger partial charge in [-0.2, -0.15) is 0 Å². The van der Waals surface area contributed by atoms with Crippen LogP contribution >= 0.6 is 0 Å². The molecule has 7 rings (SSSR count). The first kappa shape index (κ1) is 26.5. The second-order valence-corrected chi connectivity index (χ2v) is 12.6. The molecule has 3 aliphatic rings. The average molecular weight is 557 g/mol. The molecule has 4 heterocycles. The first-order chi connectivity index (χ1) is 20.4. The Kier molecular flexibility index (Phi) is 6.79. The Hall–Kier alpha value is -4.42. The van der Waals surface area contributed by atoms with Gasteiger partial charge in [0.05, 0.1) is 23.8 Å². The Morgan fingerprint density at radius 2 is 1.43 bits per heavy atom. The molecule has 0 spiro atoms. The minimum atomic E-state index is 0.109. The van der Waals surface area contributed by atoms with E-state index in [1.54, 1.807) is 0 Å².